The Morgan fingerprint density at radius 1 is 1.26 bits per heavy atom. The standard InChI is InChI=1S/C11H13NO6S/c1-7(13)18-10-5-4-8(19(15,16)12-2)6-9(10)11(14)17-3/h4-6,12H,1-3H3. The largest absolute Gasteiger partial charge is 0.465 e. The molecular formula is C11H13NO6S. The van der Waals surface area contributed by atoms with Crippen LogP contribution in [0.3, 0.4) is 0 Å². The summed E-state index contributed by atoms with van der Waals surface area (Å²) in [5.41, 5.74) is -0.144. The van der Waals surface area contributed by atoms with Gasteiger partial charge in [-0.3, -0.25) is 4.79 Å². The molecule has 104 valence electrons. The number of esters is 2. The molecule has 1 aromatic carbocycles. The lowest BCUT2D eigenvalue weighted by Crippen LogP contribution is -2.19. The Labute approximate surface area is 110 Å². The molecule has 0 radical (unpaired) electrons. The number of hydrogen-bond acceptors (Lipinski definition) is 6. The van der Waals surface area contributed by atoms with Gasteiger partial charge in [0.1, 0.15) is 11.3 Å². The molecule has 0 saturated heterocycles. The zero-order valence-corrected chi connectivity index (χ0v) is 11.4. The summed E-state index contributed by atoms with van der Waals surface area (Å²) in [6, 6.07) is 3.52. The Kier molecular flexibility index (Phi) is 4.62. The quantitative estimate of drug-likeness (QED) is 0.632. The summed E-state index contributed by atoms with van der Waals surface area (Å²) in [6.45, 7) is 1.17. The monoisotopic (exact) mass is 287 g/mol. The number of ether oxygens (including phenoxy) is 2. The first-order chi connectivity index (χ1) is 8.81. The summed E-state index contributed by atoms with van der Waals surface area (Å²) >= 11 is 0. The second kappa shape index (κ2) is 5.81. The normalized spacial score (nSPS) is 10.9. The second-order valence-corrected chi connectivity index (χ2v) is 5.34. The summed E-state index contributed by atoms with van der Waals surface area (Å²) in [5, 5.41) is 0. The number of carbonyl (C=O) groups is 2. The third-order valence-electron chi connectivity index (χ3n) is 2.19. The minimum Gasteiger partial charge on any atom is -0.465 e. The van der Waals surface area contributed by atoms with Crippen LogP contribution >= 0.6 is 0 Å². The summed E-state index contributed by atoms with van der Waals surface area (Å²) in [5.74, 6) is -1.49. The van der Waals surface area contributed by atoms with Gasteiger partial charge in [0.15, 0.2) is 0 Å². The minimum atomic E-state index is -3.71. The maximum absolute atomic E-state index is 11.6. The molecule has 0 atom stereocenters. The first-order valence-corrected chi connectivity index (χ1v) is 6.64. The van der Waals surface area contributed by atoms with Crippen molar-refractivity contribution < 1.29 is 27.5 Å². The second-order valence-electron chi connectivity index (χ2n) is 3.45. The van der Waals surface area contributed by atoms with Crippen LogP contribution in [0.15, 0.2) is 23.1 Å². The zero-order valence-electron chi connectivity index (χ0n) is 10.6. The maximum atomic E-state index is 11.6. The van der Waals surface area contributed by atoms with Crippen LogP contribution in [0, 0.1) is 0 Å². The summed E-state index contributed by atoms with van der Waals surface area (Å²) in [7, 11) is -1.32. The molecule has 0 aliphatic heterocycles. The molecule has 7 nitrogen and oxygen atoms in total. The maximum Gasteiger partial charge on any atom is 0.341 e. The van der Waals surface area contributed by atoms with Crippen molar-refractivity contribution in [2.75, 3.05) is 14.2 Å². The number of sulfonamides is 1. The van der Waals surface area contributed by atoms with Crippen molar-refractivity contribution in [2.45, 2.75) is 11.8 Å². The number of methoxy groups -OCH3 is 1. The van der Waals surface area contributed by atoms with Gasteiger partial charge >= 0.3 is 11.9 Å². The van der Waals surface area contributed by atoms with Crippen LogP contribution < -0.4 is 9.46 Å². The van der Waals surface area contributed by atoms with Crippen molar-refractivity contribution in [3.8, 4) is 5.75 Å². The van der Waals surface area contributed by atoms with E-state index in [2.05, 4.69) is 9.46 Å². The highest BCUT2D eigenvalue weighted by molar-refractivity contribution is 7.89. The van der Waals surface area contributed by atoms with E-state index < -0.39 is 22.0 Å². The van der Waals surface area contributed by atoms with E-state index in [1.54, 1.807) is 0 Å². The summed E-state index contributed by atoms with van der Waals surface area (Å²) < 4.78 is 34.7. The SMILES string of the molecule is CNS(=O)(=O)c1ccc(OC(C)=O)c(C(=O)OC)c1. The van der Waals surface area contributed by atoms with Gasteiger partial charge in [-0.2, -0.15) is 0 Å². The van der Waals surface area contributed by atoms with Gasteiger partial charge in [0.2, 0.25) is 10.0 Å². The van der Waals surface area contributed by atoms with Crippen LogP contribution in [-0.2, 0) is 19.6 Å². The van der Waals surface area contributed by atoms with Gasteiger partial charge in [-0.1, -0.05) is 0 Å². The molecule has 0 saturated carbocycles. The van der Waals surface area contributed by atoms with Gasteiger partial charge < -0.3 is 9.47 Å². The lowest BCUT2D eigenvalue weighted by atomic mass is 10.2. The molecule has 1 N–H and O–H groups in total. The van der Waals surface area contributed by atoms with Crippen molar-refractivity contribution in [3.63, 3.8) is 0 Å². The highest BCUT2D eigenvalue weighted by Gasteiger charge is 2.20. The zero-order chi connectivity index (χ0) is 14.6. The average molecular weight is 287 g/mol. The highest BCUT2D eigenvalue weighted by atomic mass is 32.2. The van der Waals surface area contributed by atoms with E-state index in [-0.39, 0.29) is 16.2 Å². The first-order valence-electron chi connectivity index (χ1n) is 5.16. The third-order valence-corrected chi connectivity index (χ3v) is 3.60. The fraction of sp³-hybridized carbons (Fsp3) is 0.273. The summed E-state index contributed by atoms with van der Waals surface area (Å²) in [6.07, 6.45) is 0. The van der Waals surface area contributed by atoms with Crippen molar-refractivity contribution in [2.24, 2.45) is 0 Å². The lowest BCUT2D eigenvalue weighted by molar-refractivity contribution is -0.131. The van der Waals surface area contributed by atoms with E-state index in [9.17, 15) is 18.0 Å². The molecule has 0 fully saturated rings. The van der Waals surface area contributed by atoms with E-state index >= 15 is 0 Å². The Balaban J connectivity index is 3.39. The van der Waals surface area contributed by atoms with Crippen LogP contribution in [0.2, 0.25) is 0 Å². The van der Waals surface area contributed by atoms with Crippen LogP contribution in [0.4, 0.5) is 0 Å². The molecule has 0 aromatic heterocycles. The van der Waals surface area contributed by atoms with E-state index in [4.69, 9.17) is 4.74 Å². The fourth-order valence-electron chi connectivity index (χ4n) is 1.31. The van der Waals surface area contributed by atoms with Crippen LogP contribution in [0.1, 0.15) is 17.3 Å². The van der Waals surface area contributed by atoms with Crippen molar-refractivity contribution in [1.82, 2.24) is 4.72 Å². The molecule has 0 bridgehead atoms. The highest BCUT2D eigenvalue weighted by Crippen LogP contribution is 2.23. The predicted molar refractivity (Wildman–Crippen MR) is 65.3 cm³/mol. The van der Waals surface area contributed by atoms with Gasteiger partial charge in [-0.05, 0) is 25.2 Å². The van der Waals surface area contributed by atoms with Crippen molar-refractivity contribution in [3.05, 3.63) is 23.8 Å². The van der Waals surface area contributed by atoms with Crippen molar-refractivity contribution >= 4 is 22.0 Å². The van der Waals surface area contributed by atoms with E-state index in [1.807, 2.05) is 0 Å². The molecule has 1 rings (SSSR count). The van der Waals surface area contributed by atoms with Crippen molar-refractivity contribution in [1.29, 1.82) is 0 Å². The minimum absolute atomic E-state index is 0.0607. The van der Waals surface area contributed by atoms with E-state index in [1.165, 1.54) is 26.1 Å². The van der Waals surface area contributed by atoms with E-state index in [0.717, 1.165) is 13.2 Å². The topological polar surface area (TPSA) is 98.8 Å². The molecular weight excluding hydrogens is 274 g/mol. The smallest absolute Gasteiger partial charge is 0.341 e. The van der Waals surface area contributed by atoms with Crippen LogP contribution in [0.25, 0.3) is 0 Å². The Morgan fingerprint density at radius 2 is 1.89 bits per heavy atom. The van der Waals surface area contributed by atoms with E-state index in [0.29, 0.717) is 0 Å². The number of rotatable bonds is 4. The van der Waals surface area contributed by atoms with Crippen LogP contribution in [0.5, 0.6) is 5.75 Å². The number of benzene rings is 1. The first kappa shape index (κ1) is 15.1. The van der Waals surface area contributed by atoms with Gasteiger partial charge in [0, 0.05) is 6.92 Å². The lowest BCUT2D eigenvalue weighted by Gasteiger charge is -2.09. The van der Waals surface area contributed by atoms with Gasteiger partial charge in [-0.15, -0.1) is 0 Å². The van der Waals surface area contributed by atoms with Gasteiger partial charge in [0.25, 0.3) is 0 Å². The Bertz CT molecular complexity index is 608. The van der Waals surface area contributed by atoms with Crippen LogP contribution in [-0.4, -0.2) is 34.5 Å². The molecule has 0 amide bonds. The molecule has 0 aliphatic carbocycles. The van der Waals surface area contributed by atoms with Gasteiger partial charge in [0.05, 0.1) is 12.0 Å². The Hall–Kier alpha value is -1.93. The van der Waals surface area contributed by atoms with Gasteiger partial charge in [-0.25, -0.2) is 17.9 Å². The Morgan fingerprint density at radius 3 is 2.37 bits per heavy atom. The molecule has 0 unspecified atom stereocenters. The molecule has 19 heavy (non-hydrogen) atoms. The number of carbonyl (C=O) groups excluding carboxylic acids is 2. The molecule has 0 heterocycles. The fourth-order valence-corrected chi connectivity index (χ4v) is 2.06. The number of hydrogen-bond donors (Lipinski definition) is 1. The molecule has 0 aliphatic rings. The molecule has 1 aromatic rings. The number of nitrogens with one attached hydrogen (secondary N) is 1. The average Bonchev–Trinajstić information content (AvgIpc) is 2.37. The summed E-state index contributed by atoms with van der Waals surface area (Å²) in [4.78, 5) is 22.3. The third kappa shape index (κ3) is 3.52. The molecule has 8 heteroatoms. The molecule has 0 spiro atoms. The predicted octanol–water partition coefficient (Wildman–Crippen LogP) is 0.307.